The third-order valence-corrected chi connectivity index (χ3v) is 4.90. The van der Waals surface area contributed by atoms with Gasteiger partial charge in [0, 0.05) is 23.1 Å². The van der Waals surface area contributed by atoms with Gasteiger partial charge in [0.2, 0.25) is 0 Å². The maximum atomic E-state index is 14.7. The molecule has 0 aliphatic rings. The van der Waals surface area contributed by atoms with Crippen LogP contribution in [0.15, 0.2) is 24.3 Å². The highest BCUT2D eigenvalue weighted by Gasteiger charge is 2.39. The summed E-state index contributed by atoms with van der Waals surface area (Å²) in [4.78, 5) is 0. The molecule has 0 spiro atoms. The number of aryl methyl sites for hydroxylation is 3. The number of hydrogen-bond donors (Lipinski definition) is 0. The van der Waals surface area contributed by atoms with Gasteiger partial charge in [-0.15, -0.1) is 0 Å². The summed E-state index contributed by atoms with van der Waals surface area (Å²) >= 11 is 0. The van der Waals surface area contributed by atoms with E-state index in [1.165, 1.54) is 26.0 Å². The normalized spacial score (nSPS) is 11.2. The summed E-state index contributed by atoms with van der Waals surface area (Å²) in [7, 11) is 0. The van der Waals surface area contributed by atoms with Gasteiger partial charge in [-0.05, 0) is 20.8 Å². The van der Waals surface area contributed by atoms with Gasteiger partial charge in [-0.3, -0.25) is 0 Å². The topological polar surface area (TPSA) is 0 Å². The van der Waals surface area contributed by atoms with Gasteiger partial charge in [0.1, 0.15) is 0 Å². The molecular weight excluding hydrogens is 415 g/mol. The number of rotatable bonds is 3. The van der Waals surface area contributed by atoms with E-state index in [1.54, 1.807) is 6.92 Å². The van der Waals surface area contributed by atoms with Crippen LogP contribution in [-0.4, -0.2) is 6.71 Å². The molecule has 0 heterocycles. The minimum absolute atomic E-state index is 0.0705. The molecule has 0 N–H and O–H groups in total. The Morgan fingerprint density at radius 2 is 0.767 bits per heavy atom. The highest BCUT2D eigenvalue weighted by atomic mass is 19.2. The highest BCUT2D eigenvalue weighted by molar-refractivity contribution is 6.96. The molecule has 30 heavy (non-hydrogen) atoms. The monoisotopic (exact) mass is 428 g/mol. The first kappa shape index (κ1) is 21.9. The molecule has 3 aromatic rings. The van der Waals surface area contributed by atoms with Crippen molar-refractivity contribution >= 4 is 23.1 Å². The number of benzene rings is 3. The largest absolute Gasteiger partial charge is 0.257 e. The lowest BCUT2D eigenvalue weighted by atomic mass is 9.35. The van der Waals surface area contributed by atoms with Crippen LogP contribution in [0.3, 0.4) is 0 Å². The third-order valence-electron chi connectivity index (χ3n) is 4.90. The minimum atomic E-state index is -2.21. The lowest BCUT2D eigenvalue weighted by molar-refractivity contribution is 0.460. The van der Waals surface area contributed by atoms with E-state index in [1.807, 2.05) is 0 Å². The average molecular weight is 428 g/mol. The Labute approximate surface area is 167 Å². The van der Waals surface area contributed by atoms with Crippen molar-refractivity contribution < 1.29 is 35.1 Å². The van der Waals surface area contributed by atoms with E-state index in [2.05, 4.69) is 0 Å². The zero-order valence-electron chi connectivity index (χ0n) is 15.9. The van der Waals surface area contributed by atoms with Crippen LogP contribution in [0.5, 0.6) is 0 Å². The molecule has 0 saturated carbocycles. The molecule has 0 fully saturated rings. The third kappa shape index (κ3) is 3.46. The maximum Gasteiger partial charge on any atom is 0.257 e. The van der Waals surface area contributed by atoms with Gasteiger partial charge in [0.25, 0.3) is 6.71 Å². The molecule has 0 radical (unpaired) electrons. The Bertz CT molecular complexity index is 1030. The fourth-order valence-corrected chi connectivity index (χ4v) is 3.77. The van der Waals surface area contributed by atoms with E-state index < -0.39 is 64.2 Å². The first-order valence-corrected chi connectivity index (χ1v) is 8.69. The van der Waals surface area contributed by atoms with Crippen molar-refractivity contribution in [2.45, 2.75) is 20.8 Å². The van der Waals surface area contributed by atoms with Crippen molar-refractivity contribution in [3.05, 3.63) is 87.5 Å². The predicted molar refractivity (Wildman–Crippen MR) is 97.9 cm³/mol. The Morgan fingerprint density at radius 3 is 1.07 bits per heavy atom. The summed E-state index contributed by atoms with van der Waals surface area (Å²) in [6.45, 7) is 2.32. The number of hydrogen-bond acceptors (Lipinski definition) is 0. The fraction of sp³-hybridized carbons (Fsp3) is 0.143. The van der Waals surface area contributed by atoms with Crippen molar-refractivity contribution in [1.29, 1.82) is 0 Å². The standard InChI is InChI=1S/C21H13BF8/c1-8-4-9(2)15(10(3)5-8)22(16-18(27)11(23)6-12(24)19(16)28)17-20(29)13(25)7-14(26)21(17)30/h4-7H,1-3H3. The minimum Gasteiger partial charge on any atom is -0.204 e. The predicted octanol–water partition coefficient (Wildman–Crippen LogP) is 4.24. The summed E-state index contributed by atoms with van der Waals surface area (Å²) in [5.41, 5.74) is -1.79. The van der Waals surface area contributed by atoms with E-state index >= 15 is 0 Å². The SMILES string of the molecule is Cc1cc(C)c(B(c2c(F)c(F)cc(F)c2F)c2c(F)c(F)cc(F)c2F)c(C)c1. The van der Waals surface area contributed by atoms with Crippen LogP contribution < -0.4 is 16.4 Å². The highest BCUT2D eigenvalue weighted by Crippen LogP contribution is 2.18. The van der Waals surface area contributed by atoms with Crippen LogP contribution in [0.4, 0.5) is 35.1 Å². The molecule has 0 atom stereocenters. The second kappa shape index (κ2) is 7.77. The lowest BCUT2D eigenvalue weighted by Crippen LogP contribution is -2.59. The summed E-state index contributed by atoms with van der Waals surface area (Å²) in [5, 5.41) is 0. The van der Waals surface area contributed by atoms with Gasteiger partial charge >= 0.3 is 0 Å². The van der Waals surface area contributed by atoms with Gasteiger partial charge in [-0.1, -0.05) is 34.3 Å². The van der Waals surface area contributed by atoms with Gasteiger partial charge < -0.3 is 0 Å². The Hall–Kier alpha value is -2.84. The van der Waals surface area contributed by atoms with Crippen LogP contribution in [-0.2, 0) is 0 Å². The molecule has 0 nitrogen and oxygen atoms in total. The summed E-state index contributed by atoms with van der Waals surface area (Å²) in [5.74, 6) is -15.0. The summed E-state index contributed by atoms with van der Waals surface area (Å²) in [6, 6.07) is 2.84. The summed E-state index contributed by atoms with van der Waals surface area (Å²) < 4.78 is 114. The fourth-order valence-electron chi connectivity index (χ4n) is 3.77. The van der Waals surface area contributed by atoms with Gasteiger partial charge in [-0.25, -0.2) is 35.1 Å². The Morgan fingerprint density at radius 1 is 0.467 bits per heavy atom. The quantitative estimate of drug-likeness (QED) is 0.333. The van der Waals surface area contributed by atoms with Crippen molar-refractivity contribution in [2.75, 3.05) is 0 Å². The lowest BCUT2D eigenvalue weighted by Gasteiger charge is -2.23. The van der Waals surface area contributed by atoms with E-state index in [4.69, 9.17) is 0 Å². The molecule has 0 unspecified atom stereocenters. The van der Waals surface area contributed by atoms with Gasteiger partial charge in [0.05, 0.1) is 0 Å². The second-order valence-electron chi connectivity index (χ2n) is 7.01. The van der Waals surface area contributed by atoms with Crippen molar-refractivity contribution in [3.8, 4) is 0 Å². The zero-order chi connectivity index (χ0) is 22.5. The molecular formula is C21H13BF8. The molecule has 9 heteroatoms. The van der Waals surface area contributed by atoms with E-state index in [0.29, 0.717) is 5.56 Å². The maximum absolute atomic E-state index is 14.7. The molecule has 156 valence electrons. The van der Waals surface area contributed by atoms with Gasteiger partial charge in [0.15, 0.2) is 46.5 Å². The first-order valence-electron chi connectivity index (χ1n) is 8.69. The van der Waals surface area contributed by atoms with Crippen LogP contribution in [0, 0.1) is 67.3 Å². The van der Waals surface area contributed by atoms with E-state index in [0.717, 1.165) is 0 Å². The smallest absolute Gasteiger partial charge is 0.204 e. The average Bonchev–Trinajstić information content (AvgIpc) is 2.64. The van der Waals surface area contributed by atoms with Crippen molar-refractivity contribution in [1.82, 2.24) is 0 Å². The molecule has 0 aliphatic carbocycles. The van der Waals surface area contributed by atoms with Crippen molar-refractivity contribution in [3.63, 3.8) is 0 Å². The molecule has 3 rings (SSSR count). The Balaban J connectivity index is 2.56. The molecule has 0 saturated heterocycles. The van der Waals surface area contributed by atoms with Crippen LogP contribution in [0.1, 0.15) is 16.7 Å². The molecule has 3 aromatic carbocycles. The molecule has 0 amide bonds. The molecule has 0 aromatic heterocycles. The second-order valence-corrected chi connectivity index (χ2v) is 7.01. The molecule has 0 aliphatic heterocycles. The van der Waals surface area contributed by atoms with Gasteiger partial charge in [-0.2, -0.15) is 0 Å². The molecule has 0 bridgehead atoms. The Kier molecular flexibility index (Phi) is 5.67. The van der Waals surface area contributed by atoms with Crippen LogP contribution in [0.25, 0.3) is 0 Å². The van der Waals surface area contributed by atoms with Crippen molar-refractivity contribution in [2.24, 2.45) is 0 Å². The zero-order valence-corrected chi connectivity index (χ0v) is 15.9. The van der Waals surface area contributed by atoms with E-state index in [9.17, 15) is 35.1 Å². The van der Waals surface area contributed by atoms with Crippen LogP contribution in [0.2, 0.25) is 0 Å². The first-order chi connectivity index (χ1) is 14.0. The van der Waals surface area contributed by atoms with Crippen LogP contribution >= 0.6 is 0 Å². The number of halogens is 8. The van der Waals surface area contributed by atoms with E-state index in [-0.39, 0.29) is 28.7 Å². The summed E-state index contributed by atoms with van der Waals surface area (Å²) in [6.07, 6.45) is 0.